The molecule has 2 atom stereocenters. The third-order valence-corrected chi connectivity index (χ3v) is 1.88. The first-order chi connectivity index (χ1) is 6.65. The highest BCUT2D eigenvalue weighted by atomic mass is 16.3. The topological polar surface area (TPSA) is 80.0 Å². The Morgan fingerprint density at radius 3 is 2.86 bits per heavy atom. The maximum Gasteiger partial charge on any atom is 0.244 e. The van der Waals surface area contributed by atoms with Crippen molar-refractivity contribution in [2.45, 2.75) is 25.9 Å². The Bertz CT molecular complexity index is 286. The number of rotatable bonds is 4. The summed E-state index contributed by atoms with van der Waals surface area (Å²) in [5.41, 5.74) is 0. The van der Waals surface area contributed by atoms with E-state index in [1.165, 1.54) is 17.3 Å². The summed E-state index contributed by atoms with van der Waals surface area (Å²) in [6, 6.07) is -0.653. The van der Waals surface area contributed by atoms with Crippen LogP contribution in [0.5, 0.6) is 0 Å². The molecule has 0 radical (unpaired) electrons. The van der Waals surface area contributed by atoms with Crippen LogP contribution in [0.1, 0.15) is 19.9 Å². The number of carbonyl (C=O) groups excluding carboxylic acids is 1. The van der Waals surface area contributed by atoms with Crippen LogP contribution in [0.25, 0.3) is 0 Å². The van der Waals surface area contributed by atoms with Crippen LogP contribution in [0.3, 0.4) is 0 Å². The van der Waals surface area contributed by atoms with Gasteiger partial charge in [0.05, 0.1) is 6.61 Å². The Hall–Kier alpha value is -1.43. The van der Waals surface area contributed by atoms with Gasteiger partial charge in [-0.15, -0.1) is 0 Å². The smallest absolute Gasteiger partial charge is 0.244 e. The molecule has 14 heavy (non-hydrogen) atoms. The zero-order valence-electron chi connectivity index (χ0n) is 8.21. The monoisotopic (exact) mass is 198 g/mol. The predicted octanol–water partition coefficient (Wildman–Crippen LogP) is -0.664. The third kappa shape index (κ3) is 2.53. The zero-order chi connectivity index (χ0) is 10.6. The van der Waals surface area contributed by atoms with E-state index in [4.69, 9.17) is 5.11 Å². The molecule has 0 aliphatic carbocycles. The lowest BCUT2D eigenvalue weighted by atomic mass is 10.3. The first-order valence-electron chi connectivity index (χ1n) is 4.40. The van der Waals surface area contributed by atoms with Gasteiger partial charge in [0.2, 0.25) is 5.91 Å². The number of aliphatic hydroxyl groups excluding tert-OH is 1. The Kier molecular flexibility index (Phi) is 3.58. The van der Waals surface area contributed by atoms with Crippen LogP contribution in [0.2, 0.25) is 0 Å². The highest BCUT2D eigenvalue weighted by molar-refractivity contribution is 5.79. The second-order valence-corrected chi connectivity index (χ2v) is 3.14. The van der Waals surface area contributed by atoms with Crippen molar-refractivity contribution in [3.8, 4) is 0 Å². The molecule has 1 rings (SSSR count). The van der Waals surface area contributed by atoms with E-state index in [0.717, 1.165) is 0 Å². The van der Waals surface area contributed by atoms with E-state index in [9.17, 15) is 4.79 Å². The van der Waals surface area contributed by atoms with E-state index in [2.05, 4.69) is 15.4 Å². The first-order valence-corrected chi connectivity index (χ1v) is 4.40. The van der Waals surface area contributed by atoms with Crippen molar-refractivity contribution in [2.75, 3.05) is 6.61 Å². The molecule has 1 aromatic rings. The van der Waals surface area contributed by atoms with Crippen LogP contribution < -0.4 is 5.32 Å². The van der Waals surface area contributed by atoms with Crippen molar-refractivity contribution in [2.24, 2.45) is 0 Å². The van der Waals surface area contributed by atoms with Crippen LogP contribution >= 0.6 is 0 Å². The lowest BCUT2D eigenvalue weighted by Gasteiger charge is -2.15. The van der Waals surface area contributed by atoms with Gasteiger partial charge >= 0.3 is 0 Å². The van der Waals surface area contributed by atoms with Gasteiger partial charge in [-0.25, -0.2) is 9.67 Å². The minimum absolute atomic E-state index is 0.0736. The number of aromatic nitrogens is 3. The Balaban J connectivity index is 2.53. The van der Waals surface area contributed by atoms with Gasteiger partial charge in [-0.1, -0.05) is 0 Å². The van der Waals surface area contributed by atoms with Crippen LogP contribution in [-0.2, 0) is 4.79 Å². The summed E-state index contributed by atoms with van der Waals surface area (Å²) in [6.07, 6.45) is 2.85. The predicted molar refractivity (Wildman–Crippen MR) is 49.4 cm³/mol. The molecular weight excluding hydrogens is 184 g/mol. The van der Waals surface area contributed by atoms with E-state index in [-0.39, 0.29) is 18.6 Å². The molecule has 0 saturated heterocycles. The summed E-state index contributed by atoms with van der Waals surface area (Å²) in [5, 5.41) is 15.2. The lowest BCUT2D eigenvalue weighted by molar-refractivity contribution is -0.125. The average Bonchev–Trinajstić information content (AvgIpc) is 2.69. The van der Waals surface area contributed by atoms with Crippen molar-refractivity contribution in [1.29, 1.82) is 0 Å². The molecule has 6 heteroatoms. The molecule has 1 amide bonds. The van der Waals surface area contributed by atoms with Gasteiger partial charge in [0.1, 0.15) is 18.7 Å². The second kappa shape index (κ2) is 4.71. The Morgan fingerprint density at radius 1 is 1.64 bits per heavy atom. The summed E-state index contributed by atoms with van der Waals surface area (Å²) < 4.78 is 1.46. The highest BCUT2D eigenvalue weighted by Crippen LogP contribution is 2.01. The van der Waals surface area contributed by atoms with Crippen LogP contribution in [0.15, 0.2) is 12.7 Å². The lowest BCUT2D eigenvalue weighted by Crippen LogP contribution is -2.39. The molecule has 0 aliphatic rings. The van der Waals surface area contributed by atoms with E-state index in [1.54, 1.807) is 13.8 Å². The van der Waals surface area contributed by atoms with Crippen LogP contribution in [0.4, 0.5) is 0 Å². The molecule has 78 valence electrons. The molecule has 0 saturated carbocycles. The fourth-order valence-electron chi connectivity index (χ4n) is 0.947. The van der Waals surface area contributed by atoms with Crippen molar-refractivity contribution in [3.63, 3.8) is 0 Å². The van der Waals surface area contributed by atoms with E-state index < -0.39 is 6.04 Å². The first kappa shape index (κ1) is 10.6. The molecule has 1 aromatic heterocycles. The van der Waals surface area contributed by atoms with Gasteiger partial charge < -0.3 is 10.4 Å². The molecule has 0 fully saturated rings. The Labute approximate surface area is 82.0 Å². The average molecular weight is 198 g/mol. The number of carbonyl (C=O) groups is 1. The number of hydrogen-bond acceptors (Lipinski definition) is 4. The molecule has 0 aromatic carbocycles. The summed E-state index contributed by atoms with van der Waals surface area (Å²) in [6.45, 7) is 3.37. The molecule has 0 bridgehead atoms. The third-order valence-electron chi connectivity index (χ3n) is 1.88. The quantitative estimate of drug-likeness (QED) is 0.672. The maximum absolute atomic E-state index is 11.5. The largest absolute Gasteiger partial charge is 0.394 e. The van der Waals surface area contributed by atoms with Crippen molar-refractivity contribution in [3.05, 3.63) is 12.7 Å². The van der Waals surface area contributed by atoms with Gasteiger partial charge in [0, 0.05) is 6.04 Å². The van der Waals surface area contributed by atoms with E-state index in [1.807, 2.05) is 0 Å². The minimum atomic E-state index is -0.411. The van der Waals surface area contributed by atoms with Gasteiger partial charge in [-0.3, -0.25) is 4.79 Å². The van der Waals surface area contributed by atoms with Crippen LogP contribution in [0, 0.1) is 0 Å². The second-order valence-electron chi connectivity index (χ2n) is 3.14. The minimum Gasteiger partial charge on any atom is -0.394 e. The number of nitrogens with zero attached hydrogens (tertiary/aromatic N) is 3. The molecule has 6 nitrogen and oxygen atoms in total. The molecule has 1 unspecified atom stereocenters. The SMILES string of the molecule is CC(C(=O)N[C@H](C)CO)n1cncn1. The standard InChI is InChI=1S/C8H14N4O2/c1-6(3-13)11-8(14)7(2)12-5-9-4-10-12/h4-7,13H,3H2,1-2H3,(H,11,14)/t6-,7?/m1/s1. The fraction of sp³-hybridized carbons (Fsp3) is 0.625. The van der Waals surface area contributed by atoms with E-state index >= 15 is 0 Å². The number of nitrogens with one attached hydrogen (secondary N) is 1. The van der Waals surface area contributed by atoms with Crippen molar-refractivity contribution >= 4 is 5.91 Å². The summed E-state index contributed by atoms with van der Waals surface area (Å²) >= 11 is 0. The number of aliphatic hydroxyl groups is 1. The summed E-state index contributed by atoms with van der Waals surface area (Å²) in [7, 11) is 0. The molecule has 0 spiro atoms. The van der Waals surface area contributed by atoms with Gasteiger partial charge in [0.25, 0.3) is 0 Å². The number of hydrogen-bond donors (Lipinski definition) is 2. The van der Waals surface area contributed by atoms with Crippen molar-refractivity contribution < 1.29 is 9.90 Å². The molecule has 2 N–H and O–H groups in total. The van der Waals surface area contributed by atoms with Gasteiger partial charge in [-0.2, -0.15) is 5.10 Å². The normalized spacial score (nSPS) is 14.8. The highest BCUT2D eigenvalue weighted by Gasteiger charge is 2.16. The molecule has 0 aliphatic heterocycles. The van der Waals surface area contributed by atoms with Crippen LogP contribution in [-0.4, -0.2) is 38.4 Å². The molecule has 1 heterocycles. The zero-order valence-corrected chi connectivity index (χ0v) is 8.21. The fourth-order valence-corrected chi connectivity index (χ4v) is 0.947. The number of amides is 1. The molecular formula is C8H14N4O2. The van der Waals surface area contributed by atoms with Crippen molar-refractivity contribution in [1.82, 2.24) is 20.1 Å². The Morgan fingerprint density at radius 2 is 2.36 bits per heavy atom. The summed E-state index contributed by atoms with van der Waals surface area (Å²) in [5.74, 6) is -0.183. The summed E-state index contributed by atoms with van der Waals surface area (Å²) in [4.78, 5) is 15.2. The van der Waals surface area contributed by atoms with Gasteiger partial charge in [0.15, 0.2) is 0 Å². The van der Waals surface area contributed by atoms with Gasteiger partial charge in [-0.05, 0) is 13.8 Å². The van der Waals surface area contributed by atoms with E-state index in [0.29, 0.717) is 0 Å². The maximum atomic E-state index is 11.5.